The summed E-state index contributed by atoms with van der Waals surface area (Å²) in [6.07, 6.45) is 5.64. The minimum absolute atomic E-state index is 0.0388. The molecule has 1 saturated carbocycles. The highest BCUT2D eigenvalue weighted by atomic mass is 16.3. The second kappa shape index (κ2) is 3.61. The van der Waals surface area contributed by atoms with Crippen LogP contribution in [0.25, 0.3) is 0 Å². The molecule has 0 radical (unpaired) electrons. The maximum atomic E-state index is 10.5. The van der Waals surface area contributed by atoms with Crippen LogP contribution in [-0.4, -0.2) is 10.7 Å². The largest absolute Gasteiger partial charge is 0.389 e. The van der Waals surface area contributed by atoms with Crippen molar-refractivity contribution in [3.05, 3.63) is 0 Å². The molecule has 0 spiro atoms. The van der Waals surface area contributed by atoms with Crippen LogP contribution in [-0.2, 0) is 0 Å². The second-order valence-corrected chi connectivity index (χ2v) is 5.82. The van der Waals surface area contributed by atoms with E-state index in [0.29, 0.717) is 0 Å². The standard InChI is InChI=1S/C12H24O/c1-10-6-5-8-12(13,9-7-10)11(2,3)4/h10,13H,5-9H2,1-4H3. The van der Waals surface area contributed by atoms with Crippen molar-refractivity contribution < 1.29 is 5.11 Å². The van der Waals surface area contributed by atoms with E-state index < -0.39 is 5.60 Å². The van der Waals surface area contributed by atoms with Crippen molar-refractivity contribution in [1.82, 2.24) is 0 Å². The van der Waals surface area contributed by atoms with Gasteiger partial charge in [0.25, 0.3) is 0 Å². The minimum Gasteiger partial charge on any atom is -0.389 e. The summed E-state index contributed by atoms with van der Waals surface area (Å²) in [5.74, 6) is 0.802. The molecule has 2 atom stereocenters. The van der Waals surface area contributed by atoms with Gasteiger partial charge in [0.1, 0.15) is 0 Å². The molecule has 0 heterocycles. The highest BCUT2D eigenvalue weighted by Gasteiger charge is 2.40. The Bertz CT molecular complexity index is 168. The number of rotatable bonds is 0. The molecule has 0 aromatic rings. The van der Waals surface area contributed by atoms with Gasteiger partial charge in [-0.1, -0.05) is 40.5 Å². The summed E-state index contributed by atoms with van der Waals surface area (Å²) in [6, 6.07) is 0. The molecule has 78 valence electrons. The van der Waals surface area contributed by atoms with Gasteiger partial charge in [0, 0.05) is 0 Å². The predicted molar refractivity (Wildman–Crippen MR) is 56.7 cm³/mol. The quantitative estimate of drug-likeness (QED) is 0.572. The molecule has 1 N–H and O–H groups in total. The van der Waals surface area contributed by atoms with E-state index >= 15 is 0 Å². The van der Waals surface area contributed by atoms with Crippen LogP contribution in [0.2, 0.25) is 0 Å². The average molecular weight is 184 g/mol. The summed E-state index contributed by atoms with van der Waals surface area (Å²) >= 11 is 0. The zero-order valence-electron chi connectivity index (χ0n) is 9.56. The predicted octanol–water partition coefficient (Wildman–Crippen LogP) is 3.36. The molecular formula is C12H24O. The van der Waals surface area contributed by atoms with Crippen LogP contribution in [0.15, 0.2) is 0 Å². The van der Waals surface area contributed by atoms with Gasteiger partial charge in [-0.3, -0.25) is 0 Å². The van der Waals surface area contributed by atoms with Crippen molar-refractivity contribution in [2.45, 2.75) is 65.4 Å². The third-order valence-corrected chi connectivity index (χ3v) is 3.73. The molecule has 13 heavy (non-hydrogen) atoms. The lowest BCUT2D eigenvalue weighted by Crippen LogP contribution is -2.42. The second-order valence-electron chi connectivity index (χ2n) is 5.82. The van der Waals surface area contributed by atoms with Crippen LogP contribution in [0.3, 0.4) is 0 Å². The van der Waals surface area contributed by atoms with E-state index in [1.165, 1.54) is 19.3 Å². The number of hydrogen-bond acceptors (Lipinski definition) is 1. The molecule has 0 amide bonds. The summed E-state index contributed by atoms with van der Waals surface area (Å²) in [5.41, 5.74) is -0.380. The van der Waals surface area contributed by atoms with Crippen molar-refractivity contribution in [3.63, 3.8) is 0 Å². The van der Waals surface area contributed by atoms with Gasteiger partial charge in [0.05, 0.1) is 5.60 Å². The Morgan fingerprint density at radius 1 is 1.15 bits per heavy atom. The Morgan fingerprint density at radius 3 is 2.31 bits per heavy atom. The van der Waals surface area contributed by atoms with Crippen molar-refractivity contribution in [1.29, 1.82) is 0 Å². The highest BCUT2D eigenvalue weighted by Crippen LogP contribution is 2.41. The zero-order chi connectivity index (χ0) is 10.1. The first kappa shape index (κ1) is 11.0. The number of hydrogen-bond donors (Lipinski definition) is 1. The lowest BCUT2D eigenvalue weighted by atomic mass is 9.72. The zero-order valence-corrected chi connectivity index (χ0v) is 9.56. The van der Waals surface area contributed by atoms with Gasteiger partial charge >= 0.3 is 0 Å². The van der Waals surface area contributed by atoms with E-state index in [0.717, 1.165) is 18.8 Å². The third-order valence-electron chi connectivity index (χ3n) is 3.73. The summed E-state index contributed by atoms with van der Waals surface area (Å²) in [4.78, 5) is 0. The lowest BCUT2D eigenvalue weighted by molar-refractivity contribution is -0.0699. The Kier molecular flexibility index (Phi) is 3.06. The van der Waals surface area contributed by atoms with Crippen LogP contribution >= 0.6 is 0 Å². The van der Waals surface area contributed by atoms with E-state index in [-0.39, 0.29) is 5.41 Å². The first-order chi connectivity index (χ1) is 5.85. The molecule has 0 aromatic heterocycles. The summed E-state index contributed by atoms with van der Waals surface area (Å²) in [5, 5.41) is 10.5. The Hall–Kier alpha value is -0.0400. The Labute approximate surface area is 82.5 Å². The van der Waals surface area contributed by atoms with Crippen molar-refractivity contribution in [2.24, 2.45) is 11.3 Å². The molecule has 0 bridgehead atoms. The molecule has 0 saturated heterocycles. The van der Waals surface area contributed by atoms with Gasteiger partial charge in [0.2, 0.25) is 0 Å². The van der Waals surface area contributed by atoms with Crippen molar-refractivity contribution in [3.8, 4) is 0 Å². The van der Waals surface area contributed by atoms with E-state index in [2.05, 4.69) is 27.7 Å². The molecule has 1 rings (SSSR count). The molecule has 1 aliphatic rings. The van der Waals surface area contributed by atoms with Gasteiger partial charge in [0.15, 0.2) is 0 Å². The van der Waals surface area contributed by atoms with Crippen LogP contribution in [0, 0.1) is 11.3 Å². The van der Waals surface area contributed by atoms with Gasteiger partial charge in [-0.05, 0) is 30.6 Å². The maximum Gasteiger partial charge on any atom is 0.0695 e. The molecule has 1 fully saturated rings. The Morgan fingerprint density at radius 2 is 1.77 bits per heavy atom. The molecular weight excluding hydrogens is 160 g/mol. The monoisotopic (exact) mass is 184 g/mol. The normalized spacial score (nSPS) is 37.2. The van der Waals surface area contributed by atoms with Crippen LogP contribution in [0.1, 0.15) is 59.8 Å². The lowest BCUT2D eigenvalue weighted by Gasteiger charge is -2.40. The third kappa shape index (κ3) is 2.46. The maximum absolute atomic E-state index is 10.5. The van der Waals surface area contributed by atoms with Crippen molar-refractivity contribution >= 4 is 0 Å². The first-order valence-corrected chi connectivity index (χ1v) is 5.57. The topological polar surface area (TPSA) is 20.2 Å². The van der Waals surface area contributed by atoms with Gasteiger partial charge in [-0.15, -0.1) is 0 Å². The molecule has 1 aliphatic carbocycles. The van der Waals surface area contributed by atoms with E-state index in [4.69, 9.17) is 0 Å². The SMILES string of the molecule is CC1CCCC(O)(C(C)(C)C)CC1. The van der Waals surface area contributed by atoms with Gasteiger partial charge in [-0.25, -0.2) is 0 Å². The van der Waals surface area contributed by atoms with E-state index in [1.54, 1.807) is 0 Å². The Balaban J connectivity index is 2.68. The van der Waals surface area contributed by atoms with Crippen LogP contribution in [0.5, 0.6) is 0 Å². The molecule has 0 aliphatic heterocycles. The van der Waals surface area contributed by atoms with E-state index in [1.807, 2.05) is 0 Å². The molecule has 0 aromatic carbocycles. The van der Waals surface area contributed by atoms with Crippen LogP contribution in [0.4, 0.5) is 0 Å². The fraction of sp³-hybridized carbons (Fsp3) is 1.00. The molecule has 2 unspecified atom stereocenters. The summed E-state index contributed by atoms with van der Waals surface area (Å²) in [6.45, 7) is 8.77. The van der Waals surface area contributed by atoms with Gasteiger partial charge < -0.3 is 5.11 Å². The number of aliphatic hydroxyl groups is 1. The first-order valence-electron chi connectivity index (χ1n) is 5.57. The molecule has 1 heteroatoms. The van der Waals surface area contributed by atoms with Crippen LogP contribution < -0.4 is 0 Å². The smallest absolute Gasteiger partial charge is 0.0695 e. The summed E-state index contributed by atoms with van der Waals surface area (Å²) < 4.78 is 0. The fourth-order valence-electron chi connectivity index (χ4n) is 2.25. The highest BCUT2D eigenvalue weighted by molar-refractivity contribution is 4.92. The average Bonchev–Trinajstić information content (AvgIpc) is 2.13. The minimum atomic E-state index is -0.419. The summed E-state index contributed by atoms with van der Waals surface area (Å²) in [7, 11) is 0. The molecule has 1 nitrogen and oxygen atoms in total. The van der Waals surface area contributed by atoms with Gasteiger partial charge in [-0.2, -0.15) is 0 Å². The van der Waals surface area contributed by atoms with Crippen molar-refractivity contribution in [2.75, 3.05) is 0 Å². The van der Waals surface area contributed by atoms with E-state index in [9.17, 15) is 5.11 Å². The fourth-order valence-corrected chi connectivity index (χ4v) is 2.25.